The molecule has 0 saturated heterocycles. The van der Waals surface area contributed by atoms with Gasteiger partial charge in [0, 0.05) is 19.0 Å². The number of hydrogen-bond donors (Lipinski definition) is 2. The average molecular weight is 404 g/mol. The molecule has 20 heavy (non-hydrogen) atoms. The van der Waals surface area contributed by atoms with Crippen LogP contribution in [0, 0.1) is 0 Å². The molecule has 1 aromatic rings. The summed E-state index contributed by atoms with van der Waals surface area (Å²) in [4.78, 5) is 11.5. The van der Waals surface area contributed by atoms with Crippen LogP contribution in [0.1, 0.15) is 26.7 Å². The predicted molar refractivity (Wildman–Crippen MR) is 84.7 cm³/mol. The molecule has 5 nitrogen and oxygen atoms in total. The van der Waals surface area contributed by atoms with Crippen LogP contribution < -0.4 is 10.0 Å². The van der Waals surface area contributed by atoms with E-state index in [4.69, 9.17) is 11.6 Å². The summed E-state index contributed by atoms with van der Waals surface area (Å²) in [5.74, 6) is -0.174. The Morgan fingerprint density at radius 1 is 1.55 bits per heavy atom. The maximum atomic E-state index is 11.9. The first kappa shape index (κ1) is 17.9. The van der Waals surface area contributed by atoms with Crippen molar-refractivity contribution in [2.75, 3.05) is 6.54 Å². The van der Waals surface area contributed by atoms with E-state index < -0.39 is 10.0 Å². The quantitative estimate of drug-likeness (QED) is 0.735. The lowest BCUT2D eigenvalue weighted by Gasteiger charge is -2.11. The van der Waals surface area contributed by atoms with E-state index in [1.54, 1.807) is 0 Å². The van der Waals surface area contributed by atoms with Crippen molar-refractivity contribution in [2.45, 2.75) is 36.9 Å². The van der Waals surface area contributed by atoms with E-state index in [1.165, 1.54) is 6.07 Å². The molecule has 0 saturated carbocycles. The highest BCUT2D eigenvalue weighted by Crippen LogP contribution is 2.34. The van der Waals surface area contributed by atoms with E-state index in [2.05, 4.69) is 26.0 Å². The molecule has 1 aromatic heterocycles. The number of sulfonamides is 1. The Morgan fingerprint density at radius 2 is 2.20 bits per heavy atom. The van der Waals surface area contributed by atoms with E-state index in [9.17, 15) is 13.2 Å². The third kappa shape index (κ3) is 5.33. The van der Waals surface area contributed by atoms with Crippen LogP contribution in [0.25, 0.3) is 0 Å². The number of nitrogens with one attached hydrogen (secondary N) is 2. The van der Waals surface area contributed by atoms with Gasteiger partial charge in [-0.2, -0.15) is 0 Å². The maximum absolute atomic E-state index is 11.9. The van der Waals surface area contributed by atoms with Gasteiger partial charge in [-0.25, -0.2) is 13.1 Å². The zero-order chi connectivity index (χ0) is 15.3. The molecular weight excluding hydrogens is 388 g/mol. The molecule has 114 valence electrons. The molecule has 1 heterocycles. The Hall–Kier alpha value is -0.150. The fourth-order valence-corrected chi connectivity index (χ4v) is 4.75. The topological polar surface area (TPSA) is 75.3 Å². The summed E-state index contributed by atoms with van der Waals surface area (Å²) in [6.07, 6.45) is 0.934. The molecule has 1 atom stereocenters. The Balaban J connectivity index is 2.50. The van der Waals surface area contributed by atoms with Crippen molar-refractivity contribution in [3.63, 3.8) is 0 Å². The van der Waals surface area contributed by atoms with Crippen molar-refractivity contribution in [2.24, 2.45) is 0 Å². The molecule has 0 bridgehead atoms. The molecule has 1 amide bonds. The van der Waals surface area contributed by atoms with Gasteiger partial charge in [-0.1, -0.05) is 18.5 Å². The number of hydrogen-bond acceptors (Lipinski definition) is 4. The average Bonchev–Trinajstić information content (AvgIpc) is 2.70. The van der Waals surface area contributed by atoms with Gasteiger partial charge in [0.05, 0.1) is 8.81 Å². The van der Waals surface area contributed by atoms with Crippen molar-refractivity contribution in [3.8, 4) is 0 Å². The van der Waals surface area contributed by atoms with Crippen LogP contribution in [0.15, 0.2) is 14.1 Å². The van der Waals surface area contributed by atoms with Crippen molar-refractivity contribution in [1.82, 2.24) is 10.0 Å². The zero-order valence-electron chi connectivity index (χ0n) is 11.1. The summed E-state index contributed by atoms with van der Waals surface area (Å²) in [5.41, 5.74) is 0. The van der Waals surface area contributed by atoms with Gasteiger partial charge in [-0.3, -0.25) is 4.79 Å². The highest BCUT2D eigenvalue weighted by atomic mass is 79.9. The summed E-state index contributed by atoms with van der Waals surface area (Å²) in [6.45, 7) is 3.91. The molecule has 0 aliphatic rings. The Bertz CT molecular complexity index is 555. The number of amides is 1. The van der Waals surface area contributed by atoms with Gasteiger partial charge in [-0.15, -0.1) is 11.3 Å². The minimum absolute atomic E-state index is 0.0533. The van der Waals surface area contributed by atoms with Crippen LogP contribution in [0.5, 0.6) is 0 Å². The Labute approximate surface area is 136 Å². The van der Waals surface area contributed by atoms with Crippen molar-refractivity contribution in [3.05, 3.63) is 14.9 Å². The van der Waals surface area contributed by atoms with Crippen LogP contribution in [-0.2, 0) is 14.8 Å². The number of rotatable bonds is 7. The zero-order valence-corrected chi connectivity index (χ0v) is 15.0. The van der Waals surface area contributed by atoms with Crippen molar-refractivity contribution >= 4 is 54.8 Å². The van der Waals surface area contributed by atoms with Crippen LogP contribution in [0.3, 0.4) is 0 Å². The van der Waals surface area contributed by atoms with Crippen LogP contribution in [0.4, 0.5) is 0 Å². The highest BCUT2D eigenvalue weighted by Gasteiger charge is 2.19. The van der Waals surface area contributed by atoms with E-state index in [1.807, 2.05) is 13.8 Å². The smallest absolute Gasteiger partial charge is 0.250 e. The van der Waals surface area contributed by atoms with Crippen LogP contribution in [0.2, 0.25) is 5.02 Å². The summed E-state index contributed by atoms with van der Waals surface area (Å²) >= 11 is 9.99. The van der Waals surface area contributed by atoms with Crippen LogP contribution in [-0.4, -0.2) is 26.9 Å². The molecular formula is C11H16BrClN2O3S2. The molecule has 0 radical (unpaired) electrons. The number of halogens is 2. The van der Waals surface area contributed by atoms with Gasteiger partial charge in [0.15, 0.2) is 0 Å². The molecule has 1 rings (SSSR count). The first-order chi connectivity index (χ1) is 9.26. The largest absolute Gasteiger partial charge is 0.354 e. The summed E-state index contributed by atoms with van der Waals surface area (Å²) in [5, 5.41) is 3.12. The second kappa shape index (κ2) is 7.74. The second-order valence-corrected chi connectivity index (χ2v) is 8.98. The third-order valence-corrected chi connectivity index (χ3v) is 6.96. The summed E-state index contributed by atoms with van der Waals surface area (Å²) in [6, 6.07) is 1.46. The standard InChI is InChI=1S/C11H16BrClN2O3S2/c1-3-7(2)15-9(16)4-5-14-20(17,18)10-6-8(13)11(12)19-10/h6-7,14H,3-5H2,1-2H3,(H,15,16). The lowest BCUT2D eigenvalue weighted by molar-refractivity contribution is -0.121. The first-order valence-electron chi connectivity index (χ1n) is 6.00. The van der Waals surface area contributed by atoms with Gasteiger partial charge in [0.1, 0.15) is 4.21 Å². The van der Waals surface area contributed by atoms with Crippen molar-refractivity contribution < 1.29 is 13.2 Å². The lowest BCUT2D eigenvalue weighted by atomic mass is 10.2. The third-order valence-electron chi connectivity index (χ3n) is 2.55. The minimum atomic E-state index is -3.62. The second-order valence-electron chi connectivity index (χ2n) is 4.21. The maximum Gasteiger partial charge on any atom is 0.250 e. The normalized spacial score (nSPS) is 13.2. The number of thiophene rings is 1. The Morgan fingerprint density at radius 3 is 2.70 bits per heavy atom. The molecule has 1 unspecified atom stereocenters. The lowest BCUT2D eigenvalue weighted by Crippen LogP contribution is -2.35. The van der Waals surface area contributed by atoms with Gasteiger partial charge in [-0.05, 0) is 35.3 Å². The number of carbonyl (C=O) groups is 1. The molecule has 0 aliphatic carbocycles. The molecule has 0 spiro atoms. The SMILES string of the molecule is CCC(C)NC(=O)CCNS(=O)(=O)c1cc(Cl)c(Br)s1. The molecule has 0 aromatic carbocycles. The van der Waals surface area contributed by atoms with Crippen molar-refractivity contribution in [1.29, 1.82) is 0 Å². The number of carbonyl (C=O) groups excluding carboxylic acids is 1. The van der Waals surface area contributed by atoms with Crippen LogP contribution >= 0.6 is 38.9 Å². The van der Waals surface area contributed by atoms with Gasteiger partial charge < -0.3 is 5.32 Å². The van der Waals surface area contributed by atoms with E-state index in [0.29, 0.717) is 8.81 Å². The molecule has 0 aliphatic heterocycles. The molecule has 9 heteroatoms. The van der Waals surface area contributed by atoms with Gasteiger partial charge in [0.25, 0.3) is 0 Å². The predicted octanol–water partition coefficient (Wildman–Crippen LogP) is 2.75. The van der Waals surface area contributed by atoms with E-state index >= 15 is 0 Å². The Kier molecular flexibility index (Phi) is 6.93. The van der Waals surface area contributed by atoms with E-state index in [-0.39, 0.29) is 29.1 Å². The fraction of sp³-hybridized carbons (Fsp3) is 0.545. The van der Waals surface area contributed by atoms with E-state index in [0.717, 1.165) is 17.8 Å². The first-order valence-corrected chi connectivity index (χ1v) is 9.47. The fourth-order valence-electron chi connectivity index (χ4n) is 1.28. The van der Waals surface area contributed by atoms with Gasteiger partial charge >= 0.3 is 0 Å². The molecule has 0 fully saturated rings. The highest BCUT2D eigenvalue weighted by molar-refractivity contribution is 9.11. The molecule has 2 N–H and O–H groups in total. The monoisotopic (exact) mass is 402 g/mol. The summed E-state index contributed by atoms with van der Waals surface area (Å²) < 4.78 is 27.0. The minimum Gasteiger partial charge on any atom is -0.354 e. The van der Waals surface area contributed by atoms with Gasteiger partial charge in [0.2, 0.25) is 15.9 Å². The summed E-state index contributed by atoms with van der Waals surface area (Å²) in [7, 11) is -3.62.